The van der Waals surface area contributed by atoms with Crippen molar-refractivity contribution in [3.05, 3.63) is 81.7 Å². The van der Waals surface area contributed by atoms with E-state index in [1.807, 2.05) is 43.3 Å². The van der Waals surface area contributed by atoms with Gasteiger partial charge in [0.15, 0.2) is 5.65 Å². The van der Waals surface area contributed by atoms with E-state index in [0.717, 1.165) is 22.4 Å². The number of benzene rings is 2. The molecule has 0 aliphatic rings. The molecule has 0 bridgehead atoms. The van der Waals surface area contributed by atoms with Crippen molar-refractivity contribution in [3.8, 4) is 11.1 Å². The van der Waals surface area contributed by atoms with Crippen molar-refractivity contribution in [2.45, 2.75) is 6.92 Å². The monoisotopic (exact) mass is 362 g/mol. The lowest BCUT2D eigenvalue weighted by Gasteiger charge is -2.09. The third kappa shape index (κ3) is 3.17. The Morgan fingerprint density at radius 1 is 1.00 bits per heavy atom. The summed E-state index contributed by atoms with van der Waals surface area (Å²) < 4.78 is 0. The van der Waals surface area contributed by atoms with Crippen LogP contribution in [0, 0.1) is 6.92 Å². The van der Waals surface area contributed by atoms with Crippen LogP contribution in [-0.2, 0) is 0 Å². The number of hydrogen-bond acceptors (Lipinski definition) is 4. The average molecular weight is 363 g/mol. The number of H-pyrrole nitrogens is 1. The minimum atomic E-state index is -0.248. The molecule has 2 N–H and O–H groups in total. The summed E-state index contributed by atoms with van der Waals surface area (Å²) in [5, 5.41) is 4.20. The average Bonchev–Trinajstić information content (AvgIpc) is 2.64. The van der Waals surface area contributed by atoms with Crippen LogP contribution >= 0.6 is 11.6 Å². The molecule has 4 aromatic rings. The number of hydrogen-bond donors (Lipinski definition) is 2. The van der Waals surface area contributed by atoms with Gasteiger partial charge < -0.3 is 5.32 Å². The number of aromatic amines is 1. The maximum atomic E-state index is 12.7. The van der Waals surface area contributed by atoms with Crippen LogP contribution in [0.3, 0.4) is 0 Å². The molecule has 0 amide bonds. The number of pyridine rings is 1. The standard InChI is InChI=1S/C20H15ClN4O/c1-12-2-8-15(9-3-12)23-20-24-18-17(19(26)25-20)16(10-11-22-18)13-4-6-14(21)7-5-13/h2-11H,1H3,(H2,22,23,24,25,26). The minimum Gasteiger partial charge on any atom is -0.326 e. The van der Waals surface area contributed by atoms with Gasteiger partial charge in [0.2, 0.25) is 5.95 Å². The molecule has 0 aliphatic carbocycles. The quantitative estimate of drug-likeness (QED) is 0.554. The summed E-state index contributed by atoms with van der Waals surface area (Å²) >= 11 is 5.96. The fourth-order valence-electron chi connectivity index (χ4n) is 2.77. The van der Waals surface area contributed by atoms with E-state index in [2.05, 4.69) is 20.3 Å². The molecule has 128 valence electrons. The highest BCUT2D eigenvalue weighted by Gasteiger charge is 2.11. The van der Waals surface area contributed by atoms with E-state index in [-0.39, 0.29) is 5.56 Å². The van der Waals surface area contributed by atoms with E-state index in [9.17, 15) is 4.79 Å². The molecule has 26 heavy (non-hydrogen) atoms. The number of halogens is 1. The number of aryl methyl sites for hydroxylation is 1. The van der Waals surface area contributed by atoms with Crippen molar-refractivity contribution >= 4 is 34.3 Å². The summed E-state index contributed by atoms with van der Waals surface area (Å²) in [6.45, 7) is 2.02. The second-order valence-corrected chi connectivity index (χ2v) is 6.41. The van der Waals surface area contributed by atoms with Crippen molar-refractivity contribution in [1.82, 2.24) is 15.0 Å². The predicted octanol–water partition coefficient (Wildman–Crippen LogP) is 4.69. The van der Waals surface area contributed by atoms with Crippen molar-refractivity contribution in [1.29, 1.82) is 0 Å². The SMILES string of the molecule is Cc1ccc(Nc2nc3nccc(-c4ccc(Cl)cc4)c3c(=O)[nH]2)cc1. The molecule has 0 atom stereocenters. The van der Waals surface area contributed by atoms with Gasteiger partial charge in [-0.15, -0.1) is 0 Å². The summed E-state index contributed by atoms with van der Waals surface area (Å²) in [5.41, 5.74) is 3.78. The molecule has 4 rings (SSSR count). The largest absolute Gasteiger partial charge is 0.326 e. The second-order valence-electron chi connectivity index (χ2n) is 5.97. The summed E-state index contributed by atoms with van der Waals surface area (Å²) in [6.07, 6.45) is 1.65. The maximum Gasteiger partial charge on any atom is 0.262 e. The number of fused-ring (bicyclic) bond motifs is 1. The minimum absolute atomic E-state index is 0.248. The van der Waals surface area contributed by atoms with E-state index in [1.54, 1.807) is 24.4 Å². The van der Waals surface area contributed by atoms with Gasteiger partial charge >= 0.3 is 0 Å². The van der Waals surface area contributed by atoms with E-state index in [4.69, 9.17) is 11.6 Å². The molecule has 5 nitrogen and oxygen atoms in total. The highest BCUT2D eigenvalue weighted by Crippen LogP contribution is 2.26. The molecule has 0 saturated heterocycles. The lowest BCUT2D eigenvalue weighted by Crippen LogP contribution is -2.13. The first-order chi connectivity index (χ1) is 12.6. The van der Waals surface area contributed by atoms with Crippen LogP contribution in [0.2, 0.25) is 5.02 Å². The smallest absolute Gasteiger partial charge is 0.262 e. The summed E-state index contributed by atoms with van der Waals surface area (Å²) in [5.74, 6) is 0.354. The van der Waals surface area contributed by atoms with Gasteiger partial charge in [-0.25, -0.2) is 4.98 Å². The van der Waals surface area contributed by atoms with Gasteiger partial charge in [-0.2, -0.15) is 4.98 Å². The highest BCUT2D eigenvalue weighted by atomic mass is 35.5. The van der Waals surface area contributed by atoms with Crippen LogP contribution in [0.4, 0.5) is 11.6 Å². The number of nitrogens with zero attached hydrogens (tertiary/aromatic N) is 2. The molecule has 6 heteroatoms. The molecule has 0 fully saturated rings. The van der Waals surface area contributed by atoms with Gasteiger partial charge in [-0.3, -0.25) is 9.78 Å². The van der Waals surface area contributed by atoms with Crippen LogP contribution in [0.1, 0.15) is 5.56 Å². The molecular formula is C20H15ClN4O. The topological polar surface area (TPSA) is 70.7 Å². The van der Waals surface area contributed by atoms with Gasteiger partial charge in [0.05, 0.1) is 5.39 Å². The van der Waals surface area contributed by atoms with Gasteiger partial charge in [0.1, 0.15) is 0 Å². The van der Waals surface area contributed by atoms with E-state index in [1.165, 1.54) is 0 Å². The van der Waals surface area contributed by atoms with Crippen LogP contribution < -0.4 is 10.9 Å². The summed E-state index contributed by atoms with van der Waals surface area (Å²) in [6, 6.07) is 16.9. The van der Waals surface area contributed by atoms with Crippen molar-refractivity contribution in [2.24, 2.45) is 0 Å². The van der Waals surface area contributed by atoms with E-state index < -0.39 is 0 Å². The van der Waals surface area contributed by atoms with Gasteiger partial charge in [0.25, 0.3) is 5.56 Å². The van der Waals surface area contributed by atoms with E-state index in [0.29, 0.717) is 22.0 Å². The lowest BCUT2D eigenvalue weighted by atomic mass is 10.0. The molecule has 2 heterocycles. The van der Waals surface area contributed by atoms with Gasteiger partial charge in [-0.05, 0) is 48.4 Å². The summed E-state index contributed by atoms with van der Waals surface area (Å²) in [4.78, 5) is 24.2. The molecular weight excluding hydrogens is 348 g/mol. The first-order valence-corrected chi connectivity index (χ1v) is 8.46. The van der Waals surface area contributed by atoms with Crippen molar-refractivity contribution < 1.29 is 0 Å². The van der Waals surface area contributed by atoms with Crippen LogP contribution in [0.15, 0.2) is 65.6 Å². The normalized spacial score (nSPS) is 10.8. The molecule has 0 unspecified atom stereocenters. The zero-order valence-electron chi connectivity index (χ0n) is 14.0. The first kappa shape index (κ1) is 16.3. The third-order valence-electron chi connectivity index (χ3n) is 4.08. The van der Waals surface area contributed by atoms with Gasteiger partial charge in [-0.1, -0.05) is 41.4 Å². The molecule has 0 radical (unpaired) electrons. The Bertz CT molecular complexity index is 1140. The molecule has 0 spiro atoms. The van der Waals surface area contributed by atoms with Crippen LogP contribution in [-0.4, -0.2) is 15.0 Å². The van der Waals surface area contributed by atoms with Crippen molar-refractivity contribution in [3.63, 3.8) is 0 Å². The Kier molecular flexibility index (Phi) is 4.14. The number of nitrogens with one attached hydrogen (secondary N) is 2. The Hall–Kier alpha value is -3.18. The first-order valence-electron chi connectivity index (χ1n) is 8.09. The predicted molar refractivity (Wildman–Crippen MR) is 105 cm³/mol. The molecule has 0 saturated carbocycles. The van der Waals surface area contributed by atoms with Crippen molar-refractivity contribution in [2.75, 3.05) is 5.32 Å². The maximum absolute atomic E-state index is 12.7. The fraction of sp³-hybridized carbons (Fsp3) is 0.0500. The van der Waals surface area contributed by atoms with Gasteiger partial charge in [0, 0.05) is 16.9 Å². The Balaban J connectivity index is 1.80. The lowest BCUT2D eigenvalue weighted by molar-refractivity contribution is 1.14. The third-order valence-corrected chi connectivity index (χ3v) is 4.33. The molecule has 0 aliphatic heterocycles. The summed E-state index contributed by atoms with van der Waals surface area (Å²) in [7, 11) is 0. The fourth-order valence-corrected chi connectivity index (χ4v) is 2.89. The van der Waals surface area contributed by atoms with Crippen LogP contribution in [0.5, 0.6) is 0 Å². The van der Waals surface area contributed by atoms with Crippen LogP contribution in [0.25, 0.3) is 22.2 Å². The Morgan fingerprint density at radius 3 is 2.46 bits per heavy atom. The zero-order valence-corrected chi connectivity index (χ0v) is 14.7. The Morgan fingerprint density at radius 2 is 1.73 bits per heavy atom. The number of rotatable bonds is 3. The zero-order chi connectivity index (χ0) is 18.1. The molecule has 2 aromatic heterocycles. The number of anilines is 2. The second kappa shape index (κ2) is 6.61. The Labute approximate surface area is 154 Å². The number of aromatic nitrogens is 3. The highest BCUT2D eigenvalue weighted by molar-refractivity contribution is 6.30. The van der Waals surface area contributed by atoms with E-state index >= 15 is 0 Å². The molecule has 2 aromatic carbocycles.